The minimum atomic E-state index is -4.36. The van der Waals surface area contributed by atoms with Gasteiger partial charge in [-0.3, -0.25) is 4.79 Å². The fourth-order valence-electron chi connectivity index (χ4n) is 2.08. The van der Waals surface area contributed by atoms with E-state index in [2.05, 4.69) is 0 Å². The first-order chi connectivity index (χ1) is 9.29. The zero-order valence-electron chi connectivity index (χ0n) is 10.8. The summed E-state index contributed by atoms with van der Waals surface area (Å²) in [7, 11) is 0. The van der Waals surface area contributed by atoms with Gasteiger partial charge in [-0.1, -0.05) is 17.7 Å². The van der Waals surface area contributed by atoms with E-state index in [9.17, 15) is 22.4 Å². The van der Waals surface area contributed by atoms with E-state index >= 15 is 0 Å². The number of benzene rings is 1. The highest BCUT2D eigenvalue weighted by molar-refractivity contribution is 5.94. The molecule has 2 nitrogen and oxygen atoms in total. The van der Waals surface area contributed by atoms with E-state index < -0.39 is 23.5 Å². The number of alkyl halides is 3. The molecule has 1 heterocycles. The Hall–Kier alpha value is -1.85. The molecule has 0 saturated carbocycles. The van der Waals surface area contributed by atoms with Gasteiger partial charge in [0.2, 0.25) is 0 Å². The van der Waals surface area contributed by atoms with Gasteiger partial charge in [-0.05, 0) is 25.5 Å². The normalized spacial score (nSPS) is 16.1. The Morgan fingerprint density at radius 3 is 2.55 bits per heavy atom. The van der Waals surface area contributed by atoms with Crippen LogP contribution in [-0.4, -0.2) is 30.1 Å². The second-order valence-corrected chi connectivity index (χ2v) is 4.71. The number of hydrogen-bond donors (Lipinski definition) is 0. The third-order valence-corrected chi connectivity index (χ3v) is 3.21. The molecule has 1 aromatic rings. The van der Waals surface area contributed by atoms with E-state index in [4.69, 9.17) is 0 Å². The average Bonchev–Trinajstić information content (AvgIpc) is 2.40. The zero-order chi connectivity index (χ0) is 14.9. The molecule has 0 saturated heterocycles. The van der Waals surface area contributed by atoms with Crippen molar-refractivity contribution >= 4 is 5.91 Å². The van der Waals surface area contributed by atoms with Crippen LogP contribution in [0.4, 0.5) is 17.6 Å². The summed E-state index contributed by atoms with van der Waals surface area (Å²) in [6, 6.07) is 4.12. The first-order valence-electron chi connectivity index (χ1n) is 6.10. The molecule has 2 rings (SSSR count). The third kappa shape index (κ3) is 3.00. The first kappa shape index (κ1) is 14.6. The van der Waals surface area contributed by atoms with Gasteiger partial charge in [0.25, 0.3) is 5.91 Å². The quantitative estimate of drug-likeness (QED) is 0.572. The van der Waals surface area contributed by atoms with Gasteiger partial charge < -0.3 is 4.90 Å². The number of hydrogen-bond acceptors (Lipinski definition) is 1. The Kier molecular flexibility index (Phi) is 3.83. The van der Waals surface area contributed by atoms with Crippen molar-refractivity contribution in [3.8, 4) is 0 Å². The number of amides is 1. The predicted octanol–water partition coefficient (Wildman–Crippen LogP) is 3.47. The maximum absolute atomic E-state index is 13.6. The molecule has 6 heteroatoms. The summed E-state index contributed by atoms with van der Waals surface area (Å²) in [5, 5.41) is 0. The average molecular weight is 287 g/mol. The Balaban J connectivity index is 2.17. The second kappa shape index (κ2) is 5.26. The maximum atomic E-state index is 13.6. The van der Waals surface area contributed by atoms with Crippen molar-refractivity contribution in [3.63, 3.8) is 0 Å². The third-order valence-electron chi connectivity index (χ3n) is 3.21. The maximum Gasteiger partial charge on any atom is 0.412 e. The molecule has 1 amide bonds. The molecule has 0 aromatic heterocycles. The van der Waals surface area contributed by atoms with E-state index in [0.717, 1.165) is 11.6 Å². The van der Waals surface area contributed by atoms with Crippen molar-refractivity contribution in [2.45, 2.75) is 19.5 Å². The molecular weight excluding hydrogens is 274 g/mol. The van der Waals surface area contributed by atoms with Crippen molar-refractivity contribution in [3.05, 3.63) is 46.8 Å². The highest BCUT2D eigenvalue weighted by Gasteiger charge is 2.35. The van der Waals surface area contributed by atoms with E-state index in [-0.39, 0.29) is 25.1 Å². The van der Waals surface area contributed by atoms with Crippen LogP contribution in [0, 0.1) is 12.7 Å². The molecule has 1 aliphatic rings. The summed E-state index contributed by atoms with van der Waals surface area (Å²) in [6.07, 6.45) is -3.64. The van der Waals surface area contributed by atoms with Crippen LogP contribution < -0.4 is 0 Å². The Bertz CT molecular complexity index is 563. The van der Waals surface area contributed by atoms with Crippen LogP contribution >= 0.6 is 0 Å². The summed E-state index contributed by atoms with van der Waals surface area (Å²) < 4.78 is 51.0. The van der Waals surface area contributed by atoms with Crippen LogP contribution in [0.25, 0.3) is 0 Å². The summed E-state index contributed by atoms with van der Waals surface area (Å²) in [6.45, 7) is 1.51. The van der Waals surface area contributed by atoms with Crippen molar-refractivity contribution in [1.29, 1.82) is 0 Å². The lowest BCUT2D eigenvalue weighted by Gasteiger charge is -2.27. The first-order valence-corrected chi connectivity index (χ1v) is 6.10. The standard InChI is InChI=1S/C14H13F4NO/c1-9-2-3-12(15)11(8-9)13(20)19-6-4-10(5-7-19)14(16,17)18/h2-4,8H,5-7H2,1H3. The molecule has 0 radical (unpaired) electrons. The van der Waals surface area contributed by atoms with Gasteiger partial charge in [0, 0.05) is 18.7 Å². The van der Waals surface area contributed by atoms with E-state index in [1.165, 1.54) is 23.1 Å². The van der Waals surface area contributed by atoms with Gasteiger partial charge in [0.1, 0.15) is 5.82 Å². The molecule has 0 bridgehead atoms. The molecular formula is C14H13F4NO. The molecule has 0 unspecified atom stereocenters. The predicted molar refractivity (Wildman–Crippen MR) is 65.8 cm³/mol. The zero-order valence-corrected chi connectivity index (χ0v) is 10.8. The lowest BCUT2D eigenvalue weighted by atomic mass is 10.1. The molecule has 108 valence electrons. The lowest BCUT2D eigenvalue weighted by molar-refractivity contribution is -0.0957. The van der Waals surface area contributed by atoms with E-state index in [0.29, 0.717) is 0 Å². The molecule has 1 aromatic carbocycles. The number of nitrogens with zero attached hydrogens (tertiary/aromatic N) is 1. The van der Waals surface area contributed by atoms with Crippen LogP contribution in [0.3, 0.4) is 0 Å². The van der Waals surface area contributed by atoms with Crippen LogP contribution in [-0.2, 0) is 0 Å². The van der Waals surface area contributed by atoms with E-state index in [1.807, 2.05) is 0 Å². The second-order valence-electron chi connectivity index (χ2n) is 4.71. The van der Waals surface area contributed by atoms with Crippen LogP contribution in [0.1, 0.15) is 22.3 Å². The highest BCUT2D eigenvalue weighted by Crippen LogP contribution is 2.30. The number of halogens is 4. The van der Waals surface area contributed by atoms with Gasteiger partial charge in [-0.25, -0.2) is 4.39 Å². The summed E-state index contributed by atoms with van der Waals surface area (Å²) in [4.78, 5) is 13.3. The Labute approximate surface area is 113 Å². The largest absolute Gasteiger partial charge is 0.412 e. The minimum Gasteiger partial charge on any atom is -0.334 e. The summed E-state index contributed by atoms with van der Waals surface area (Å²) in [5.41, 5.74) is -0.0154. The van der Waals surface area contributed by atoms with Gasteiger partial charge >= 0.3 is 6.18 Å². The molecule has 0 aliphatic carbocycles. The summed E-state index contributed by atoms with van der Waals surface area (Å²) >= 11 is 0. The topological polar surface area (TPSA) is 20.3 Å². The smallest absolute Gasteiger partial charge is 0.334 e. The van der Waals surface area contributed by atoms with Crippen molar-refractivity contribution in [1.82, 2.24) is 4.90 Å². The van der Waals surface area contributed by atoms with Gasteiger partial charge in [-0.15, -0.1) is 0 Å². The van der Waals surface area contributed by atoms with Crippen molar-refractivity contribution in [2.24, 2.45) is 0 Å². The van der Waals surface area contributed by atoms with Gasteiger partial charge in [0.05, 0.1) is 5.56 Å². The summed E-state index contributed by atoms with van der Waals surface area (Å²) in [5.74, 6) is -1.24. The van der Waals surface area contributed by atoms with Crippen LogP contribution in [0.15, 0.2) is 29.8 Å². The number of carbonyl (C=O) groups excluding carboxylic acids is 1. The van der Waals surface area contributed by atoms with Crippen molar-refractivity contribution in [2.75, 3.05) is 13.1 Å². The Morgan fingerprint density at radius 1 is 1.30 bits per heavy atom. The highest BCUT2D eigenvalue weighted by atomic mass is 19.4. The number of carbonyl (C=O) groups is 1. The van der Waals surface area contributed by atoms with Crippen LogP contribution in [0.2, 0.25) is 0 Å². The monoisotopic (exact) mass is 287 g/mol. The van der Waals surface area contributed by atoms with Crippen molar-refractivity contribution < 1.29 is 22.4 Å². The molecule has 1 aliphatic heterocycles. The molecule has 0 atom stereocenters. The fourth-order valence-corrected chi connectivity index (χ4v) is 2.08. The minimum absolute atomic E-state index is 0.0580. The number of aryl methyl sites for hydroxylation is 1. The SMILES string of the molecule is Cc1ccc(F)c(C(=O)N2CC=C(C(F)(F)F)CC2)c1. The molecule has 0 N–H and O–H groups in total. The molecule has 20 heavy (non-hydrogen) atoms. The van der Waals surface area contributed by atoms with E-state index in [1.54, 1.807) is 6.92 Å². The van der Waals surface area contributed by atoms with Gasteiger partial charge in [-0.2, -0.15) is 13.2 Å². The fraction of sp³-hybridized carbons (Fsp3) is 0.357. The van der Waals surface area contributed by atoms with Crippen LogP contribution in [0.5, 0.6) is 0 Å². The molecule has 0 spiro atoms. The van der Waals surface area contributed by atoms with Gasteiger partial charge in [0.15, 0.2) is 0 Å². The molecule has 0 fully saturated rings. The lowest BCUT2D eigenvalue weighted by Crippen LogP contribution is -2.37. The number of rotatable bonds is 1. The Morgan fingerprint density at radius 2 is 2.00 bits per heavy atom.